The fourth-order valence-corrected chi connectivity index (χ4v) is 2.98. The summed E-state index contributed by atoms with van der Waals surface area (Å²) in [5, 5.41) is 0. The van der Waals surface area contributed by atoms with Gasteiger partial charge in [0.05, 0.1) is 0 Å². The van der Waals surface area contributed by atoms with E-state index in [-0.39, 0.29) is 73.5 Å². The maximum atomic E-state index is 11.0. The molecule has 0 radical (unpaired) electrons. The van der Waals surface area contributed by atoms with Crippen molar-refractivity contribution in [2.45, 2.75) is 59.9 Å². The van der Waals surface area contributed by atoms with Crippen LogP contribution in [0.25, 0.3) is 0 Å². The number of rotatable bonds is 12. The van der Waals surface area contributed by atoms with E-state index in [9.17, 15) is 28.8 Å². The molecule has 43 heavy (non-hydrogen) atoms. The Labute approximate surface area is 262 Å². The van der Waals surface area contributed by atoms with Crippen molar-refractivity contribution < 1.29 is 60.0 Å². The third-order valence-electron chi connectivity index (χ3n) is 4.91. The first kappa shape index (κ1) is 38.6. The number of carbonyl (C=O) groups is 6. The third-order valence-corrected chi connectivity index (χ3v) is 4.91. The first-order chi connectivity index (χ1) is 20.0. The maximum Gasteiger partial charge on any atom is 0.313 e. The predicted octanol–water partition coefficient (Wildman–Crippen LogP) is 5.12. The summed E-state index contributed by atoms with van der Waals surface area (Å²) in [5.41, 5.74) is 2.76. The van der Waals surface area contributed by atoms with Crippen LogP contribution in [0.3, 0.4) is 0 Å². The van der Waals surface area contributed by atoms with Crippen LogP contribution in [0.5, 0.6) is 0 Å². The van der Waals surface area contributed by atoms with Crippen LogP contribution in [-0.4, -0.2) is 35.3 Å². The molecule has 3 aromatic rings. The largest absolute Gasteiger partial charge is 0.460 e. The van der Waals surface area contributed by atoms with Crippen LogP contribution >= 0.6 is 0 Å². The van der Waals surface area contributed by atoms with Crippen LogP contribution in [0.15, 0.2) is 91.0 Å². The Kier molecular flexibility index (Phi) is 20.8. The number of benzene rings is 3. The molecule has 0 fully saturated rings. The van der Waals surface area contributed by atoms with Gasteiger partial charge in [-0.25, -0.2) is 0 Å². The van der Waals surface area contributed by atoms with Gasteiger partial charge in [0.25, 0.3) is 0 Å². The van der Waals surface area contributed by atoms with Gasteiger partial charge < -0.3 is 14.2 Å². The first-order valence-corrected chi connectivity index (χ1v) is 13.1. The topological polar surface area (TPSA) is 130 Å². The second-order valence-corrected chi connectivity index (χ2v) is 9.08. The summed E-state index contributed by atoms with van der Waals surface area (Å²) < 4.78 is 14.6. The monoisotopic (exact) mass is 632 g/mol. The van der Waals surface area contributed by atoms with Gasteiger partial charge in [-0.3, -0.25) is 28.8 Å². The van der Waals surface area contributed by atoms with E-state index in [1.54, 1.807) is 0 Å². The molecule has 0 aliphatic heterocycles. The number of esters is 3. The molecular formula is C33H36FeO9. The Balaban J connectivity index is 0.000000608. The minimum absolute atomic E-state index is 0. The van der Waals surface area contributed by atoms with Gasteiger partial charge >= 0.3 is 17.9 Å². The smallest absolute Gasteiger partial charge is 0.313 e. The molecule has 3 rings (SSSR count). The molecule has 3 aromatic carbocycles. The Morgan fingerprint density at radius 3 is 0.814 bits per heavy atom. The Morgan fingerprint density at radius 2 is 0.628 bits per heavy atom. The van der Waals surface area contributed by atoms with Gasteiger partial charge in [-0.2, -0.15) is 0 Å². The first-order valence-electron chi connectivity index (χ1n) is 13.1. The molecular weight excluding hydrogens is 596 g/mol. The van der Waals surface area contributed by atoms with Gasteiger partial charge in [-0.15, -0.1) is 0 Å². The molecule has 0 saturated heterocycles. The summed E-state index contributed by atoms with van der Waals surface area (Å²) in [6.45, 7) is 4.78. The van der Waals surface area contributed by atoms with E-state index in [4.69, 9.17) is 14.2 Å². The number of Topliss-reactive ketones (excluding diaryl/α,β-unsaturated/α-hetero) is 3. The van der Waals surface area contributed by atoms with E-state index in [0.29, 0.717) is 0 Å². The predicted molar refractivity (Wildman–Crippen MR) is 155 cm³/mol. The van der Waals surface area contributed by atoms with E-state index >= 15 is 0 Å². The van der Waals surface area contributed by atoms with E-state index in [1.807, 2.05) is 91.0 Å². The van der Waals surface area contributed by atoms with Crippen molar-refractivity contribution in [2.75, 3.05) is 0 Å². The van der Waals surface area contributed by atoms with Crippen LogP contribution in [0, 0.1) is 0 Å². The molecule has 0 aliphatic carbocycles. The molecule has 0 amide bonds. The summed E-state index contributed by atoms with van der Waals surface area (Å²) >= 11 is 0. The van der Waals surface area contributed by atoms with Crippen LogP contribution in [-0.2, 0) is 79.9 Å². The quantitative estimate of drug-likeness (QED) is 0.116. The van der Waals surface area contributed by atoms with Crippen molar-refractivity contribution in [1.29, 1.82) is 0 Å². The second-order valence-electron chi connectivity index (χ2n) is 9.08. The fourth-order valence-electron chi connectivity index (χ4n) is 2.98. The minimum Gasteiger partial charge on any atom is -0.460 e. The van der Waals surface area contributed by atoms with Gasteiger partial charge in [0.1, 0.15) is 56.4 Å². The Morgan fingerprint density at radius 1 is 0.419 bits per heavy atom. The van der Waals surface area contributed by atoms with Gasteiger partial charge in [0, 0.05) is 17.1 Å². The Bertz CT molecular complexity index is 1120. The zero-order valence-corrected chi connectivity index (χ0v) is 25.5. The second kappa shape index (κ2) is 23.2. The number of ether oxygens (including phenoxy) is 3. The number of carbonyl (C=O) groups excluding carboxylic acids is 6. The summed E-state index contributed by atoms with van der Waals surface area (Å²) in [6, 6.07) is 28.1. The molecule has 0 aromatic heterocycles. The van der Waals surface area contributed by atoms with E-state index in [0.717, 1.165) is 16.7 Å². The minimum atomic E-state index is -0.471. The van der Waals surface area contributed by atoms with Crippen molar-refractivity contribution in [2.24, 2.45) is 0 Å². The van der Waals surface area contributed by atoms with Crippen LogP contribution in [0.1, 0.15) is 56.7 Å². The molecule has 0 atom stereocenters. The normalized spacial score (nSPS) is 9.28. The fraction of sp³-hybridized carbons (Fsp3) is 0.273. The van der Waals surface area contributed by atoms with Crippen molar-refractivity contribution in [3.8, 4) is 0 Å². The van der Waals surface area contributed by atoms with Crippen LogP contribution in [0.2, 0.25) is 0 Å². The summed E-state index contributed by atoms with van der Waals surface area (Å²) in [7, 11) is 0. The Hall–Kier alpha value is -4.40. The van der Waals surface area contributed by atoms with Crippen LogP contribution < -0.4 is 0 Å². The molecule has 0 heterocycles. The van der Waals surface area contributed by atoms with E-state index < -0.39 is 17.9 Å². The number of ketones is 3. The van der Waals surface area contributed by atoms with Gasteiger partial charge in [0.15, 0.2) is 0 Å². The molecule has 0 aliphatic rings. The summed E-state index contributed by atoms with van der Waals surface area (Å²) in [5.74, 6) is -1.95. The summed E-state index contributed by atoms with van der Waals surface area (Å²) in [4.78, 5) is 64.6. The average molecular weight is 632 g/mol. The zero-order chi connectivity index (χ0) is 31.2. The SMILES string of the molecule is CC(=O)CC(=O)OCc1ccccc1.CC(=O)CC(=O)OCc1ccccc1.CC(=O)CC(=O)OCc1ccccc1.[Fe]. The van der Waals surface area contributed by atoms with Crippen molar-refractivity contribution >= 4 is 35.3 Å². The van der Waals surface area contributed by atoms with Crippen LogP contribution in [0.4, 0.5) is 0 Å². The molecule has 0 N–H and O–H groups in total. The molecule has 0 spiro atoms. The van der Waals surface area contributed by atoms with E-state index in [2.05, 4.69) is 0 Å². The standard InChI is InChI=1S/3C11H12O3.Fe/c3*1-9(12)7-11(13)14-8-10-5-3-2-4-6-10;/h3*2-6H,7-8H2,1H3;. The maximum absolute atomic E-state index is 11.0. The van der Waals surface area contributed by atoms with Gasteiger partial charge in [0.2, 0.25) is 0 Å². The molecule has 10 heteroatoms. The van der Waals surface area contributed by atoms with Gasteiger partial charge in [-0.05, 0) is 37.5 Å². The molecule has 0 saturated carbocycles. The zero-order valence-electron chi connectivity index (χ0n) is 24.4. The molecule has 230 valence electrons. The molecule has 0 unspecified atom stereocenters. The summed E-state index contributed by atoms with van der Waals surface area (Å²) in [6.07, 6.45) is -0.438. The number of hydrogen-bond donors (Lipinski definition) is 0. The van der Waals surface area contributed by atoms with Crippen molar-refractivity contribution in [1.82, 2.24) is 0 Å². The molecule has 9 nitrogen and oxygen atoms in total. The van der Waals surface area contributed by atoms with Crippen molar-refractivity contribution in [3.63, 3.8) is 0 Å². The number of hydrogen-bond acceptors (Lipinski definition) is 9. The van der Waals surface area contributed by atoms with Crippen molar-refractivity contribution in [3.05, 3.63) is 108 Å². The average Bonchev–Trinajstić information content (AvgIpc) is 2.95. The molecule has 0 bridgehead atoms. The van der Waals surface area contributed by atoms with Gasteiger partial charge in [-0.1, -0.05) is 91.0 Å². The van der Waals surface area contributed by atoms with E-state index in [1.165, 1.54) is 20.8 Å². The third kappa shape index (κ3) is 21.9.